The number of carbonyl (C=O) groups excluding carboxylic acids is 1. The Morgan fingerprint density at radius 1 is 0.842 bits per heavy atom. The zero-order valence-electron chi connectivity index (χ0n) is 22.0. The lowest BCUT2D eigenvalue weighted by Gasteiger charge is -2.37. The first kappa shape index (κ1) is 24.3. The quantitative estimate of drug-likeness (QED) is 0.273. The second-order valence-corrected chi connectivity index (χ2v) is 9.99. The summed E-state index contributed by atoms with van der Waals surface area (Å²) in [5.74, 6) is 1.06. The Labute approximate surface area is 224 Å². The van der Waals surface area contributed by atoms with E-state index in [0.717, 1.165) is 42.0 Å². The molecule has 2 atom stereocenters. The van der Waals surface area contributed by atoms with Gasteiger partial charge >= 0.3 is 5.97 Å². The largest absolute Gasteiger partial charge is 0.454 e. The Morgan fingerprint density at radius 2 is 1.55 bits per heavy atom. The van der Waals surface area contributed by atoms with Gasteiger partial charge in [-0.05, 0) is 43.8 Å². The van der Waals surface area contributed by atoms with Crippen LogP contribution in [0.4, 0.5) is 5.69 Å². The molecule has 4 aromatic carbocycles. The normalized spacial score (nSPS) is 17.8. The number of rotatable bonds is 7. The number of aryl methyl sites for hydroxylation is 1. The van der Waals surface area contributed by atoms with Crippen molar-refractivity contribution in [1.29, 1.82) is 0 Å². The zero-order chi connectivity index (χ0) is 26.3. The monoisotopic (exact) mass is 504 g/mol. The van der Waals surface area contributed by atoms with E-state index in [1.807, 2.05) is 66.7 Å². The van der Waals surface area contributed by atoms with Gasteiger partial charge in [0.15, 0.2) is 11.4 Å². The molecule has 0 saturated heterocycles. The number of anilines is 1. The van der Waals surface area contributed by atoms with Crippen molar-refractivity contribution in [1.82, 2.24) is 4.90 Å². The Balaban J connectivity index is 1.50. The molecule has 0 saturated carbocycles. The molecule has 0 aliphatic carbocycles. The van der Waals surface area contributed by atoms with E-state index in [-0.39, 0.29) is 12.0 Å². The molecule has 2 unspecified atom stereocenters. The highest BCUT2D eigenvalue weighted by Gasteiger charge is 2.53. The van der Waals surface area contributed by atoms with Crippen molar-refractivity contribution in [3.63, 3.8) is 0 Å². The van der Waals surface area contributed by atoms with E-state index >= 15 is 0 Å². The summed E-state index contributed by atoms with van der Waals surface area (Å²) in [5, 5.41) is 3.81. The first-order chi connectivity index (χ1) is 18.5. The number of carbonyl (C=O) groups is 1. The van der Waals surface area contributed by atoms with Crippen LogP contribution in [-0.4, -0.2) is 30.5 Å². The summed E-state index contributed by atoms with van der Waals surface area (Å²) in [6.07, 6.45) is 0. The summed E-state index contributed by atoms with van der Waals surface area (Å²) in [4.78, 5) is 15.6. The maximum Gasteiger partial charge on any atom is 0.340 e. The number of nitrogens with one attached hydrogen (secondary N) is 1. The van der Waals surface area contributed by atoms with Gasteiger partial charge in [-0.2, -0.15) is 0 Å². The van der Waals surface area contributed by atoms with Crippen molar-refractivity contribution >= 4 is 11.7 Å². The average Bonchev–Trinajstić information content (AvgIpc) is 3.24. The van der Waals surface area contributed by atoms with Crippen LogP contribution in [-0.2, 0) is 10.3 Å². The molecule has 0 amide bonds. The second-order valence-electron chi connectivity index (χ2n) is 9.99. The first-order valence-electron chi connectivity index (χ1n) is 13.3. The van der Waals surface area contributed by atoms with Gasteiger partial charge in [0.1, 0.15) is 5.75 Å². The number of hydrogen-bond donors (Lipinski definition) is 1. The van der Waals surface area contributed by atoms with Crippen LogP contribution < -0.4 is 10.1 Å². The maximum atomic E-state index is 13.1. The standard InChI is InChI=1S/C33H32N2O3/c1-4-35(5-2)21-29(23-13-10-12-22(3)20-23)34-28-18-11-17-27-31(28)37-30-19-9-8-16-26(30)33(27)25-15-7-6-14-24(25)32(36)38-33/h6-20,29,34H,4-5,21H2,1-3H3. The number of ether oxygens (including phenoxy) is 2. The van der Waals surface area contributed by atoms with Crippen molar-refractivity contribution in [2.24, 2.45) is 0 Å². The molecule has 38 heavy (non-hydrogen) atoms. The summed E-state index contributed by atoms with van der Waals surface area (Å²) >= 11 is 0. The Kier molecular flexibility index (Phi) is 6.16. The lowest BCUT2D eigenvalue weighted by molar-refractivity contribution is 0.0224. The fourth-order valence-electron chi connectivity index (χ4n) is 5.81. The molecule has 4 aromatic rings. The van der Waals surface area contributed by atoms with E-state index in [0.29, 0.717) is 17.1 Å². The molecule has 2 heterocycles. The van der Waals surface area contributed by atoms with Crippen LogP contribution in [0.2, 0.25) is 0 Å². The highest BCUT2D eigenvalue weighted by Crippen LogP contribution is 2.57. The Morgan fingerprint density at radius 3 is 2.34 bits per heavy atom. The molecule has 5 nitrogen and oxygen atoms in total. The van der Waals surface area contributed by atoms with E-state index in [1.54, 1.807) is 0 Å². The lowest BCUT2D eigenvalue weighted by Crippen LogP contribution is -2.34. The van der Waals surface area contributed by atoms with Crippen LogP contribution in [0.1, 0.15) is 58.1 Å². The van der Waals surface area contributed by atoms with Crippen LogP contribution in [0.25, 0.3) is 0 Å². The van der Waals surface area contributed by atoms with Crippen molar-refractivity contribution < 1.29 is 14.3 Å². The van der Waals surface area contributed by atoms with Crippen LogP contribution in [0.15, 0.2) is 91.0 Å². The molecule has 5 heteroatoms. The fraction of sp³-hybridized carbons (Fsp3) is 0.242. The predicted octanol–water partition coefficient (Wildman–Crippen LogP) is 7.06. The van der Waals surface area contributed by atoms with E-state index in [9.17, 15) is 4.79 Å². The second kappa shape index (κ2) is 9.66. The number of hydrogen-bond acceptors (Lipinski definition) is 5. The number of nitrogens with zero attached hydrogens (tertiary/aromatic N) is 1. The van der Waals surface area contributed by atoms with Crippen LogP contribution in [0, 0.1) is 6.92 Å². The van der Waals surface area contributed by atoms with Gasteiger partial charge in [-0.1, -0.05) is 92.2 Å². The third-order valence-electron chi connectivity index (χ3n) is 7.75. The number of benzene rings is 4. The van der Waals surface area contributed by atoms with Crippen molar-refractivity contribution in [2.75, 3.05) is 25.0 Å². The third kappa shape index (κ3) is 3.86. The predicted molar refractivity (Wildman–Crippen MR) is 150 cm³/mol. The Hall–Kier alpha value is -4.09. The van der Waals surface area contributed by atoms with Crippen LogP contribution in [0.3, 0.4) is 0 Å². The topological polar surface area (TPSA) is 50.8 Å². The minimum atomic E-state index is -1.06. The fourth-order valence-corrected chi connectivity index (χ4v) is 5.81. The molecule has 2 aliphatic rings. The summed E-state index contributed by atoms with van der Waals surface area (Å²) in [5.41, 5.74) is 5.35. The van der Waals surface area contributed by atoms with Gasteiger partial charge < -0.3 is 19.7 Å². The number of para-hydroxylation sites is 2. The van der Waals surface area contributed by atoms with Crippen molar-refractivity contribution in [3.05, 3.63) is 124 Å². The van der Waals surface area contributed by atoms with E-state index in [4.69, 9.17) is 9.47 Å². The van der Waals surface area contributed by atoms with Gasteiger partial charge in [0.25, 0.3) is 0 Å². The summed E-state index contributed by atoms with van der Waals surface area (Å²) < 4.78 is 12.9. The van der Waals surface area contributed by atoms with Crippen molar-refractivity contribution in [2.45, 2.75) is 32.4 Å². The third-order valence-corrected chi connectivity index (χ3v) is 7.75. The van der Waals surface area contributed by atoms with Gasteiger partial charge in [0.2, 0.25) is 0 Å². The number of esters is 1. The Bertz CT molecular complexity index is 1510. The molecule has 0 radical (unpaired) electrons. The molecule has 1 N–H and O–H groups in total. The van der Waals surface area contributed by atoms with Gasteiger partial charge in [-0.25, -0.2) is 4.79 Å². The smallest absolute Gasteiger partial charge is 0.340 e. The molecule has 2 aliphatic heterocycles. The average molecular weight is 505 g/mol. The molecule has 0 fully saturated rings. The van der Waals surface area contributed by atoms with E-state index in [1.165, 1.54) is 11.1 Å². The highest BCUT2D eigenvalue weighted by molar-refractivity contribution is 5.97. The van der Waals surface area contributed by atoms with Crippen LogP contribution in [0.5, 0.6) is 11.5 Å². The molecular weight excluding hydrogens is 472 g/mol. The highest BCUT2D eigenvalue weighted by atomic mass is 16.6. The van der Waals surface area contributed by atoms with Gasteiger partial charge in [-0.15, -0.1) is 0 Å². The number of fused-ring (bicyclic) bond motifs is 6. The zero-order valence-corrected chi connectivity index (χ0v) is 22.0. The van der Waals surface area contributed by atoms with Gasteiger partial charge in [0, 0.05) is 23.2 Å². The molecule has 0 bridgehead atoms. The van der Waals surface area contributed by atoms with Gasteiger partial charge in [-0.3, -0.25) is 0 Å². The molecule has 192 valence electrons. The minimum absolute atomic E-state index is 0.0384. The lowest BCUT2D eigenvalue weighted by atomic mass is 9.77. The first-order valence-corrected chi connectivity index (χ1v) is 13.3. The minimum Gasteiger partial charge on any atom is -0.454 e. The SMILES string of the molecule is CCN(CC)CC(Nc1cccc2c1Oc1ccccc1C21OC(=O)c2ccccc21)c1cccc(C)c1. The summed E-state index contributed by atoms with van der Waals surface area (Å²) in [6.45, 7) is 9.28. The summed E-state index contributed by atoms with van der Waals surface area (Å²) in [7, 11) is 0. The number of likely N-dealkylation sites (N-methyl/N-ethyl adjacent to an activating group) is 1. The molecule has 1 spiro atoms. The molecular formula is C33H32N2O3. The summed E-state index contributed by atoms with van der Waals surface area (Å²) in [6, 6.07) is 30.3. The van der Waals surface area contributed by atoms with E-state index < -0.39 is 5.60 Å². The van der Waals surface area contributed by atoms with Gasteiger partial charge in [0.05, 0.1) is 17.3 Å². The molecule has 6 rings (SSSR count). The van der Waals surface area contributed by atoms with E-state index in [2.05, 4.69) is 55.3 Å². The molecule has 0 aromatic heterocycles. The van der Waals surface area contributed by atoms with Crippen LogP contribution >= 0.6 is 0 Å². The van der Waals surface area contributed by atoms with Crippen molar-refractivity contribution in [3.8, 4) is 11.5 Å². The maximum absolute atomic E-state index is 13.1.